The second-order valence-corrected chi connectivity index (χ2v) is 9.95. The minimum atomic E-state index is -3.64. The summed E-state index contributed by atoms with van der Waals surface area (Å²) < 4.78 is 40.5. The van der Waals surface area contributed by atoms with E-state index >= 15 is 0 Å². The van der Waals surface area contributed by atoms with Gasteiger partial charge in [-0.2, -0.15) is 4.31 Å². The molecule has 6 nitrogen and oxygen atoms in total. The van der Waals surface area contributed by atoms with Gasteiger partial charge in [0.05, 0.1) is 17.0 Å². The molecule has 0 amide bonds. The van der Waals surface area contributed by atoms with Crippen molar-refractivity contribution in [3.63, 3.8) is 0 Å². The van der Waals surface area contributed by atoms with E-state index in [1.165, 1.54) is 28.6 Å². The smallest absolute Gasteiger partial charge is 0.243 e. The van der Waals surface area contributed by atoms with E-state index in [2.05, 4.69) is 10.6 Å². The lowest BCUT2D eigenvalue weighted by Crippen LogP contribution is -2.64. The summed E-state index contributed by atoms with van der Waals surface area (Å²) in [6.45, 7) is 2.80. The number of benzene rings is 2. The largest absolute Gasteiger partial charge is 0.368 e. The number of sulfonamides is 1. The van der Waals surface area contributed by atoms with Crippen LogP contribution in [-0.4, -0.2) is 50.3 Å². The van der Waals surface area contributed by atoms with Crippen molar-refractivity contribution in [2.45, 2.75) is 29.8 Å². The average molecular weight is 487 g/mol. The highest BCUT2D eigenvalue weighted by Gasteiger charge is 2.43. The van der Waals surface area contributed by atoms with E-state index in [-0.39, 0.29) is 22.8 Å². The molecule has 0 atom stereocenters. The maximum Gasteiger partial charge on any atom is 0.243 e. The van der Waals surface area contributed by atoms with Crippen LogP contribution in [0.3, 0.4) is 0 Å². The van der Waals surface area contributed by atoms with Gasteiger partial charge in [0.15, 0.2) is 0 Å². The van der Waals surface area contributed by atoms with Gasteiger partial charge in [-0.05, 0) is 54.8 Å². The Morgan fingerprint density at radius 1 is 1.10 bits per heavy atom. The number of amidine groups is 1. The number of hydrogen-bond donors (Lipinski definition) is 2. The fraction of sp³-hybridized carbons (Fsp3) is 0.381. The minimum Gasteiger partial charge on any atom is -0.368 e. The van der Waals surface area contributed by atoms with Crippen molar-refractivity contribution >= 4 is 39.9 Å². The highest BCUT2D eigenvalue weighted by molar-refractivity contribution is 7.89. The summed E-state index contributed by atoms with van der Waals surface area (Å²) in [6.07, 6.45) is 1.22. The van der Waals surface area contributed by atoms with Crippen molar-refractivity contribution in [2.24, 2.45) is 4.99 Å². The number of rotatable bonds is 4. The van der Waals surface area contributed by atoms with E-state index in [4.69, 9.17) is 16.6 Å². The molecule has 0 bridgehead atoms. The molecule has 4 rings (SSSR count). The summed E-state index contributed by atoms with van der Waals surface area (Å²) in [5.74, 6) is 0.424. The third-order valence-electron chi connectivity index (χ3n) is 5.70. The number of aliphatic imine (C=N–C) groups is 1. The summed E-state index contributed by atoms with van der Waals surface area (Å²) in [6, 6.07) is 12.6. The van der Waals surface area contributed by atoms with Gasteiger partial charge in [0.2, 0.25) is 10.0 Å². The Bertz CT molecular complexity index is 1020. The lowest BCUT2D eigenvalue weighted by Gasteiger charge is -2.44. The molecule has 2 aliphatic rings. The number of hydrogen-bond acceptors (Lipinski definition) is 5. The van der Waals surface area contributed by atoms with Gasteiger partial charge >= 0.3 is 0 Å². The van der Waals surface area contributed by atoms with Gasteiger partial charge in [-0.15, -0.1) is 12.4 Å². The van der Waals surface area contributed by atoms with Crippen LogP contribution < -0.4 is 10.6 Å². The summed E-state index contributed by atoms with van der Waals surface area (Å²) in [5.41, 5.74) is 0.735. The number of halogens is 3. The average Bonchev–Trinajstić information content (AvgIpc) is 2.75. The Morgan fingerprint density at radius 2 is 1.74 bits per heavy atom. The first-order valence-electron chi connectivity index (χ1n) is 9.93. The van der Waals surface area contributed by atoms with Crippen LogP contribution in [0.1, 0.15) is 18.4 Å². The van der Waals surface area contributed by atoms with Gasteiger partial charge in [0.25, 0.3) is 0 Å². The molecule has 0 aromatic heterocycles. The summed E-state index contributed by atoms with van der Waals surface area (Å²) >= 11 is 5.95. The number of nitrogens with one attached hydrogen (secondary N) is 2. The number of nitrogens with zero attached hydrogens (tertiary/aromatic N) is 2. The third kappa shape index (κ3) is 5.21. The van der Waals surface area contributed by atoms with E-state index < -0.39 is 15.8 Å². The van der Waals surface area contributed by atoms with E-state index in [0.29, 0.717) is 44.0 Å². The maximum atomic E-state index is 13.2. The lowest BCUT2D eigenvalue weighted by atomic mass is 9.85. The van der Waals surface area contributed by atoms with Crippen LogP contribution in [0.15, 0.2) is 58.4 Å². The van der Waals surface area contributed by atoms with Gasteiger partial charge in [-0.1, -0.05) is 23.7 Å². The molecule has 1 fully saturated rings. The second kappa shape index (κ2) is 9.83. The highest BCUT2D eigenvalue weighted by Crippen LogP contribution is 2.29. The first-order chi connectivity index (χ1) is 14.4. The molecular weight excluding hydrogens is 462 g/mol. The molecule has 2 aliphatic heterocycles. The monoisotopic (exact) mass is 486 g/mol. The first kappa shape index (κ1) is 23.9. The number of piperidine rings is 1. The molecule has 0 saturated carbocycles. The zero-order chi connectivity index (χ0) is 21.2. The fourth-order valence-corrected chi connectivity index (χ4v) is 5.56. The lowest BCUT2D eigenvalue weighted by molar-refractivity contribution is 0.241. The van der Waals surface area contributed by atoms with Crippen LogP contribution in [0, 0.1) is 5.82 Å². The van der Waals surface area contributed by atoms with Crippen LogP contribution in [0.2, 0.25) is 5.02 Å². The van der Waals surface area contributed by atoms with Gasteiger partial charge in [-0.3, -0.25) is 4.99 Å². The maximum absolute atomic E-state index is 13.2. The van der Waals surface area contributed by atoms with E-state index in [1.54, 1.807) is 0 Å². The van der Waals surface area contributed by atoms with Crippen LogP contribution in [0.5, 0.6) is 0 Å². The molecule has 1 saturated heterocycles. The molecule has 168 valence electrons. The van der Waals surface area contributed by atoms with Gasteiger partial charge in [-0.25, -0.2) is 12.8 Å². The Hall–Kier alpha value is -1.71. The van der Waals surface area contributed by atoms with Crippen LogP contribution in [-0.2, 0) is 16.6 Å². The van der Waals surface area contributed by atoms with Crippen LogP contribution in [0.4, 0.5) is 4.39 Å². The minimum absolute atomic E-state index is 0. The second-order valence-electron chi connectivity index (χ2n) is 7.58. The molecule has 2 aromatic carbocycles. The fourth-order valence-electron chi connectivity index (χ4n) is 3.99. The van der Waals surface area contributed by atoms with Crippen molar-refractivity contribution in [3.8, 4) is 0 Å². The van der Waals surface area contributed by atoms with E-state index in [1.807, 2.05) is 24.3 Å². The summed E-state index contributed by atoms with van der Waals surface area (Å²) in [7, 11) is -3.64. The molecule has 1 spiro atoms. The van der Waals surface area contributed by atoms with Crippen molar-refractivity contribution < 1.29 is 12.8 Å². The van der Waals surface area contributed by atoms with Crippen LogP contribution >= 0.6 is 24.0 Å². The third-order valence-corrected chi connectivity index (χ3v) is 7.86. The highest BCUT2D eigenvalue weighted by atomic mass is 35.5. The molecule has 0 unspecified atom stereocenters. The predicted octanol–water partition coefficient (Wildman–Crippen LogP) is 3.22. The predicted molar refractivity (Wildman–Crippen MR) is 123 cm³/mol. The molecule has 31 heavy (non-hydrogen) atoms. The molecule has 2 heterocycles. The summed E-state index contributed by atoms with van der Waals surface area (Å²) in [4.78, 5) is 4.82. The quantitative estimate of drug-likeness (QED) is 0.695. The molecule has 10 heteroatoms. The Labute approximate surface area is 193 Å². The first-order valence-corrected chi connectivity index (χ1v) is 11.7. The topological polar surface area (TPSA) is 73.8 Å². The summed E-state index contributed by atoms with van der Waals surface area (Å²) in [5, 5.41) is 7.70. The standard InChI is InChI=1S/C21H24ClFN4O2S.ClH/c22-17-3-1-16(2-4-17)15-25-20-21(26-12-11-24-20)9-13-27(14-10-21)30(28,29)19-7-5-18(23)6-8-19;/h1-8,26H,9-15H2,(H,24,25);1H. The Morgan fingerprint density at radius 3 is 2.39 bits per heavy atom. The molecule has 2 N–H and O–H groups in total. The van der Waals surface area contributed by atoms with Gasteiger partial charge < -0.3 is 10.6 Å². The van der Waals surface area contributed by atoms with Crippen molar-refractivity contribution in [1.29, 1.82) is 0 Å². The molecule has 0 radical (unpaired) electrons. The van der Waals surface area contributed by atoms with Crippen LogP contribution in [0.25, 0.3) is 0 Å². The molecular formula is C21H25Cl2FN4O2S. The van der Waals surface area contributed by atoms with Crippen molar-refractivity contribution in [2.75, 3.05) is 26.2 Å². The van der Waals surface area contributed by atoms with E-state index in [0.717, 1.165) is 17.9 Å². The molecule has 0 aliphatic carbocycles. The van der Waals surface area contributed by atoms with Crippen molar-refractivity contribution in [3.05, 3.63) is 64.9 Å². The zero-order valence-electron chi connectivity index (χ0n) is 16.9. The SMILES string of the molecule is Cl.O=S(=O)(c1ccc(F)cc1)N1CCC2(CC1)NCCN=C2NCc1ccc(Cl)cc1. The van der Waals surface area contributed by atoms with Gasteiger partial charge in [0.1, 0.15) is 11.7 Å². The Kier molecular flexibility index (Phi) is 7.59. The Balaban J connectivity index is 0.00000272. The van der Waals surface area contributed by atoms with Crippen molar-refractivity contribution in [1.82, 2.24) is 14.9 Å². The normalized spacial score (nSPS) is 18.8. The van der Waals surface area contributed by atoms with Gasteiger partial charge in [0, 0.05) is 31.2 Å². The zero-order valence-corrected chi connectivity index (χ0v) is 19.2. The molecule has 2 aromatic rings. The van der Waals surface area contributed by atoms with E-state index in [9.17, 15) is 12.8 Å².